The fraction of sp³-hybridized carbons (Fsp3) is 0.348. The van der Waals surface area contributed by atoms with Crippen molar-refractivity contribution in [2.24, 2.45) is 5.92 Å². The van der Waals surface area contributed by atoms with Crippen molar-refractivity contribution in [3.8, 4) is 11.5 Å². The molecule has 1 atom stereocenters. The first kappa shape index (κ1) is 21.5. The lowest BCUT2D eigenvalue weighted by atomic mass is 10.1. The third-order valence-corrected chi connectivity index (χ3v) is 5.50. The smallest absolute Gasteiger partial charge is 0.319 e. The van der Waals surface area contributed by atoms with Gasteiger partial charge in [-0.3, -0.25) is 9.59 Å². The van der Waals surface area contributed by atoms with Gasteiger partial charge in [-0.25, -0.2) is 4.79 Å². The van der Waals surface area contributed by atoms with Gasteiger partial charge in [0.25, 0.3) is 0 Å². The highest BCUT2D eigenvalue weighted by molar-refractivity contribution is 6.03. The summed E-state index contributed by atoms with van der Waals surface area (Å²) in [4.78, 5) is 38.7. The average Bonchev–Trinajstić information content (AvgIpc) is 3.52. The van der Waals surface area contributed by atoms with Crippen molar-refractivity contribution in [3.05, 3.63) is 42.5 Å². The van der Waals surface area contributed by atoms with Gasteiger partial charge in [-0.2, -0.15) is 0 Å². The van der Waals surface area contributed by atoms with E-state index in [2.05, 4.69) is 16.0 Å². The number of carbonyl (C=O) groups excluding carboxylic acids is 3. The minimum Gasteiger partial charge on any atom is -0.493 e. The molecule has 0 bridgehead atoms. The van der Waals surface area contributed by atoms with Crippen molar-refractivity contribution in [1.82, 2.24) is 5.32 Å². The van der Waals surface area contributed by atoms with Crippen molar-refractivity contribution < 1.29 is 23.9 Å². The number of benzene rings is 2. The largest absolute Gasteiger partial charge is 0.493 e. The lowest BCUT2D eigenvalue weighted by molar-refractivity contribution is -0.122. The summed E-state index contributed by atoms with van der Waals surface area (Å²) in [6, 6.07) is 12.1. The van der Waals surface area contributed by atoms with Gasteiger partial charge >= 0.3 is 6.03 Å². The molecule has 3 N–H and O–H groups in total. The van der Waals surface area contributed by atoms with Crippen LogP contribution in [0.4, 0.5) is 21.9 Å². The molecule has 4 rings (SSSR count). The molecule has 168 valence electrons. The molecule has 1 aliphatic heterocycles. The first-order valence-corrected chi connectivity index (χ1v) is 10.5. The molecule has 2 fully saturated rings. The third-order valence-electron chi connectivity index (χ3n) is 5.50. The van der Waals surface area contributed by atoms with E-state index >= 15 is 0 Å². The standard InChI is InChI=1S/C23H26N4O5/c1-31-19-10-9-18(12-20(19)32-2)27-13-14(11-21(27)28)22(29)24-15-3-5-16(6-4-15)25-23(30)26-17-7-8-17/h3-6,9-10,12,14,17H,7-8,11,13H2,1-2H3,(H,24,29)(H2,25,26,30). The molecule has 1 aliphatic carbocycles. The van der Waals surface area contributed by atoms with E-state index in [1.807, 2.05) is 0 Å². The Kier molecular flexibility index (Phi) is 6.16. The van der Waals surface area contributed by atoms with Crippen molar-refractivity contribution >= 4 is 34.9 Å². The number of amides is 4. The van der Waals surface area contributed by atoms with E-state index in [1.54, 1.807) is 54.5 Å². The van der Waals surface area contributed by atoms with Gasteiger partial charge in [-0.1, -0.05) is 0 Å². The van der Waals surface area contributed by atoms with Crippen LogP contribution in [-0.2, 0) is 9.59 Å². The summed E-state index contributed by atoms with van der Waals surface area (Å²) in [7, 11) is 3.08. The molecule has 1 heterocycles. The highest BCUT2D eigenvalue weighted by Gasteiger charge is 2.35. The number of ether oxygens (including phenoxy) is 2. The Balaban J connectivity index is 1.35. The number of nitrogens with zero attached hydrogens (tertiary/aromatic N) is 1. The number of hydrogen-bond donors (Lipinski definition) is 3. The number of hydrogen-bond acceptors (Lipinski definition) is 5. The van der Waals surface area contributed by atoms with Crippen LogP contribution in [0.2, 0.25) is 0 Å². The zero-order chi connectivity index (χ0) is 22.7. The zero-order valence-electron chi connectivity index (χ0n) is 18.0. The second-order valence-corrected chi connectivity index (χ2v) is 7.88. The number of urea groups is 1. The molecule has 9 heteroatoms. The molecule has 9 nitrogen and oxygen atoms in total. The Labute approximate surface area is 186 Å². The van der Waals surface area contributed by atoms with Gasteiger partial charge < -0.3 is 30.3 Å². The van der Waals surface area contributed by atoms with Crippen LogP contribution in [0, 0.1) is 5.92 Å². The maximum Gasteiger partial charge on any atom is 0.319 e. The molecule has 0 spiro atoms. The van der Waals surface area contributed by atoms with E-state index < -0.39 is 5.92 Å². The third kappa shape index (κ3) is 4.93. The molecule has 0 aromatic heterocycles. The summed E-state index contributed by atoms with van der Waals surface area (Å²) in [6.07, 6.45) is 2.16. The first-order valence-electron chi connectivity index (χ1n) is 10.5. The minimum absolute atomic E-state index is 0.126. The SMILES string of the molecule is COc1ccc(N2CC(C(=O)Nc3ccc(NC(=O)NC4CC4)cc3)CC2=O)cc1OC. The van der Waals surface area contributed by atoms with E-state index in [-0.39, 0.29) is 36.9 Å². The Bertz CT molecular complexity index is 1020. The summed E-state index contributed by atoms with van der Waals surface area (Å²) in [5.41, 5.74) is 1.89. The molecule has 0 radical (unpaired) electrons. The molecule has 2 aromatic rings. The predicted molar refractivity (Wildman–Crippen MR) is 120 cm³/mol. The topological polar surface area (TPSA) is 109 Å². The van der Waals surface area contributed by atoms with Gasteiger partial charge in [-0.05, 0) is 49.2 Å². The Morgan fingerprint density at radius 1 is 0.938 bits per heavy atom. The van der Waals surface area contributed by atoms with Crippen LogP contribution in [0.3, 0.4) is 0 Å². The summed E-state index contributed by atoms with van der Waals surface area (Å²) in [6.45, 7) is 0.279. The summed E-state index contributed by atoms with van der Waals surface area (Å²) < 4.78 is 10.5. The molecular formula is C23H26N4O5. The van der Waals surface area contributed by atoms with Gasteiger partial charge in [0.05, 0.1) is 20.1 Å². The number of nitrogens with one attached hydrogen (secondary N) is 3. The quantitative estimate of drug-likeness (QED) is 0.616. The van der Waals surface area contributed by atoms with Crippen molar-refractivity contribution in [2.45, 2.75) is 25.3 Å². The van der Waals surface area contributed by atoms with Crippen molar-refractivity contribution in [1.29, 1.82) is 0 Å². The van der Waals surface area contributed by atoms with Gasteiger partial charge in [0.1, 0.15) is 0 Å². The van der Waals surface area contributed by atoms with Crippen molar-refractivity contribution in [3.63, 3.8) is 0 Å². The molecule has 4 amide bonds. The lowest BCUT2D eigenvalue weighted by Gasteiger charge is -2.18. The predicted octanol–water partition coefficient (Wildman–Crippen LogP) is 2.98. The van der Waals surface area contributed by atoms with E-state index in [9.17, 15) is 14.4 Å². The fourth-order valence-corrected chi connectivity index (χ4v) is 3.59. The minimum atomic E-state index is -0.474. The number of carbonyl (C=O) groups is 3. The molecule has 1 saturated heterocycles. The summed E-state index contributed by atoms with van der Waals surface area (Å²) in [5, 5.41) is 8.46. The van der Waals surface area contributed by atoms with Crippen LogP contribution in [0.15, 0.2) is 42.5 Å². The van der Waals surface area contributed by atoms with Crippen LogP contribution < -0.4 is 30.3 Å². The van der Waals surface area contributed by atoms with Gasteiger partial charge in [0, 0.05) is 42.1 Å². The normalized spacial score (nSPS) is 17.6. The summed E-state index contributed by atoms with van der Waals surface area (Å²) in [5.74, 6) is 0.259. The molecule has 2 aliphatic rings. The number of rotatable bonds is 7. The van der Waals surface area contributed by atoms with Gasteiger partial charge in [0.2, 0.25) is 11.8 Å². The Hall–Kier alpha value is -3.75. The van der Waals surface area contributed by atoms with Gasteiger partial charge in [-0.15, -0.1) is 0 Å². The van der Waals surface area contributed by atoms with E-state index in [0.717, 1.165) is 12.8 Å². The molecule has 2 aromatic carbocycles. The fourth-order valence-electron chi connectivity index (χ4n) is 3.59. The summed E-state index contributed by atoms with van der Waals surface area (Å²) >= 11 is 0. The second-order valence-electron chi connectivity index (χ2n) is 7.88. The van der Waals surface area contributed by atoms with Crippen LogP contribution in [0.25, 0.3) is 0 Å². The van der Waals surface area contributed by atoms with Crippen molar-refractivity contribution in [2.75, 3.05) is 36.3 Å². The van der Waals surface area contributed by atoms with Crippen LogP contribution in [0.5, 0.6) is 11.5 Å². The number of methoxy groups -OCH3 is 2. The second kappa shape index (κ2) is 9.17. The van der Waals surface area contributed by atoms with Gasteiger partial charge in [0.15, 0.2) is 11.5 Å². The zero-order valence-corrected chi connectivity index (χ0v) is 18.0. The Morgan fingerprint density at radius 2 is 1.59 bits per heavy atom. The monoisotopic (exact) mass is 438 g/mol. The Morgan fingerprint density at radius 3 is 2.22 bits per heavy atom. The molecular weight excluding hydrogens is 412 g/mol. The van der Waals surface area contributed by atoms with E-state index in [0.29, 0.717) is 28.6 Å². The molecule has 32 heavy (non-hydrogen) atoms. The maximum atomic E-state index is 12.7. The number of anilines is 3. The first-order chi connectivity index (χ1) is 15.5. The maximum absolute atomic E-state index is 12.7. The van der Waals surface area contributed by atoms with Crippen LogP contribution >= 0.6 is 0 Å². The van der Waals surface area contributed by atoms with Crippen LogP contribution in [0.1, 0.15) is 19.3 Å². The van der Waals surface area contributed by atoms with E-state index in [4.69, 9.17) is 9.47 Å². The molecule has 1 saturated carbocycles. The highest BCUT2D eigenvalue weighted by Crippen LogP contribution is 2.34. The van der Waals surface area contributed by atoms with E-state index in [1.165, 1.54) is 7.11 Å². The molecule has 1 unspecified atom stereocenters. The highest BCUT2D eigenvalue weighted by atomic mass is 16.5. The lowest BCUT2D eigenvalue weighted by Crippen LogP contribution is -2.30. The average molecular weight is 438 g/mol. The van der Waals surface area contributed by atoms with Crippen LogP contribution in [-0.4, -0.2) is 44.7 Å².